The van der Waals surface area contributed by atoms with Gasteiger partial charge in [0, 0.05) is 0 Å². The van der Waals surface area contributed by atoms with E-state index in [4.69, 9.17) is 28.2 Å². The van der Waals surface area contributed by atoms with Gasteiger partial charge in [0.25, 0.3) is 0 Å². The van der Waals surface area contributed by atoms with Crippen LogP contribution in [0.25, 0.3) is 11.1 Å². The van der Waals surface area contributed by atoms with Gasteiger partial charge in [-0.2, -0.15) is 0 Å². The second kappa shape index (κ2) is 5.31. The third kappa shape index (κ3) is 2.30. The molecule has 3 rings (SSSR count). The first-order valence-electron chi connectivity index (χ1n) is 6.23. The Balaban J connectivity index is 2.26. The molecule has 0 nitrogen and oxygen atoms in total. The average molecular weight is 494 g/mol. The molecule has 0 spiro atoms. The van der Waals surface area contributed by atoms with Gasteiger partial charge in [-0.25, -0.2) is 0 Å². The van der Waals surface area contributed by atoms with E-state index in [1.165, 1.54) is 22.3 Å². The second-order valence-electron chi connectivity index (χ2n) is 4.90. The molecule has 19 heavy (non-hydrogen) atoms. The van der Waals surface area contributed by atoms with Crippen LogP contribution in [-0.2, 0) is 16.8 Å². The van der Waals surface area contributed by atoms with Crippen molar-refractivity contribution in [1.82, 2.24) is 0 Å². The zero-order chi connectivity index (χ0) is 13.6. The van der Waals surface area contributed by atoms with Gasteiger partial charge in [0.05, 0.1) is 0 Å². The van der Waals surface area contributed by atoms with Crippen LogP contribution in [0.5, 0.6) is 0 Å². The molecule has 0 radical (unpaired) electrons. The van der Waals surface area contributed by atoms with Crippen molar-refractivity contribution in [3.05, 3.63) is 59.7 Å². The van der Waals surface area contributed by atoms with Crippen LogP contribution < -0.4 is 0 Å². The Hall–Kier alpha value is 0.397. The molecule has 0 amide bonds. The second-order valence-corrected chi connectivity index (χ2v) is 53.6. The van der Waals surface area contributed by atoms with Gasteiger partial charge in [-0.3, -0.25) is 0 Å². The molecule has 0 heterocycles. The summed E-state index contributed by atoms with van der Waals surface area (Å²) in [5.41, 5.74) is 5.13. The standard InChI is InChI=1S/C13H9.CH4ClSi.2ClH.Hf/c1-3-7-12-10(5-1)9-11-6-2-4-8-13(11)12;1-3-2;;;/h1-9H;3H,1H3;2*1H;/q;;;;+2/p-2. The average Bonchev–Trinajstić information content (AvgIpc) is 2.73. The normalized spacial score (nSPS) is 16.0. The summed E-state index contributed by atoms with van der Waals surface area (Å²) in [6.45, 7) is 2.08. The zero-order valence-electron chi connectivity index (χ0n) is 10.4. The molecule has 1 aliphatic rings. The first kappa shape index (κ1) is 14.3. The molecule has 0 fully saturated rings. The van der Waals surface area contributed by atoms with Gasteiger partial charge >= 0.3 is 131 Å². The summed E-state index contributed by atoms with van der Waals surface area (Å²) < 4.78 is 0.197. The SMILES string of the molecule is C[SiH](Cl)[Hf]([Cl])([Cl])[CH]1c2ccccc2-c2ccccc21. The summed E-state index contributed by atoms with van der Waals surface area (Å²) in [6.07, 6.45) is 0. The molecule has 0 bridgehead atoms. The van der Waals surface area contributed by atoms with Crippen LogP contribution >= 0.6 is 28.2 Å². The van der Waals surface area contributed by atoms with E-state index in [0.717, 1.165) is 0 Å². The van der Waals surface area contributed by atoms with Crippen LogP contribution in [-0.4, -0.2) is 5.29 Å². The summed E-state index contributed by atoms with van der Waals surface area (Å²) in [6, 6.07) is 16.9. The van der Waals surface area contributed by atoms with E-state index in [9.17, 15) is 0 Å². The number of rotatable bonds is 2. The Morgan fingerprint density at radius 2 is 1.32 bits per heavy atom. The predicted octanol–water partition coefficient (Wildman–Crippen LogP) is 5.31. The van der Waals surface area contributed by atoms with Crippen molar-refractivity contribution in [2.24, 2.45) is 0 Å². The Morgan fingerprint density at radius 3 is 1.74 bits per heavy atom. The fraction of sp³-hybridized carbons (Fsp3) is 0.143. The maximum absolute atomic E-state index is 6.85. The van der Waals surface area contributed by atoms with E-state index in [1.807, 2.05) is 0 Å². The fourth-order valence-electron chi connectivity index (χ4n) is 2.80. The van der Waals surface area contributed by atoms with Crippen molar-refractivity contribution in [1.29, 1.82) is 0 Å². The van der Waals surface area contributed by atoms with Crippen LogP contribution in [0.3, 0.4) is 0 Å². The van der Waals surface area contributed by atoms with Crippen molar-refractivity contribution in [3.8, 4) is 11.1 Å². The van der Waals surface area contributed by atoms with Gasteiger partial charge in [0.15, 0.2) is 0 Å². The van der Waals surface area contributed by atoms with Crippen LogP contribution in [0.4, 0.5) is 0 Å². The molecule has 0 N–H and O–H groups in total. The third-order valence-electron chi connectivity index (χ3n) is 3.75. The molecule has 2 aromatic rings. The molecule has 5 heteroatoms. The summed E-state index contributed by atoms with van der Waals surface area (Å²) in [7, 11) is 13.7. The third-order valence-corrected chi connectivity index (χ3v) is 57.6. The van der Waals surface area contributed by atoms with E-state index in [-0.39, 0.29) is 3.67 Å². The van der Waals surface area contributed by atoms with E-state index in [0.29, 0.717) is 0 Å². The van der Waals surface area contributed by atoms with Gasteiger partial charge < -0.3 is 0 Å². The summed E-state index contributed by atoms with van der Waals surface area (Å²) in [4.78, 5) is 0. The van der Waals surface area contributed by atoms with Crippen molar-refractivity contribution < 1.29 is 16.8 Å². The van der Waals surface area contributed by atoms with Crippen molar-refractivity contribution in [3.63, 3.8) is 0 Å². The summed E-state index contributed by atoms with van der Waals surface area (Å²) in [5.74, 6) is 0. The first-order valence-corrected chi connectivity index (χ1v) is 26.9. The Morgan fingerprint density at radius 1 is 0.895 bits per heavy atom. The summed E-state index contributed by atoms with van der Waals surface area (Å²) >= 11 is 2.98. The zero-order valence-corrected chi connectivity index (χ0v) is 17.4. The minimum absolute atomic E-state index is 0.197. The minimum atomic E-state index is -3.47. The van der Waals surface area contributed by atoms with Crippen LogP contribution in [0.15, 0.2) is 48.5 Å². The molecule has 0 aliphatic heterocycles. The van der Waals surface area contributed by atoms with Crippen LogP contribution in [0.2, 0.25) is 6.55 Å². The van der Waals surface area contributed by atoms with Crippen molar-refractivity contribution in [2.75, 3.05) is 0 Å². The molecule has 1 atom stereocenters. The number of fused-ring (bicyclic) bond motifs is 3. The maximum atomic E-state index is 6.85. The Kier molecular flexibility index (Phi) is 4.00. The number of hydrogen-bond donors (Lipinski definition) is 0. The molecular formula is C14H13Cl3HfSi. The number of halogens is 3. The van der Waals surface area contributed by atoms with Gasteiger partial charge in [-0.1, -0.05) is 0 Å². The first-order chi connectivity index (χ1) is 9.03. The van der Waals surface area contributed by atoms with Crippen molar-refractivity contribution >= 4 is 33.5 Å². The fourth-order valence-corrected chi connectivity index (χ4v) is 22.9. The molecule has 0 saturated carbocycles. The molecule has 0 saturated heterocycles. The van der Waals surface area contributed by atoms with Gasteiger partial charge in [-0.05, 0) is 0 Å². The van der Waals surface area contributed by atoms with Crippen LogP contribution in [0.1, 0.15) is 14.8 Å². The topological polar surface area (TPSA) is 0 Å². The molecule has 1 unspecified atom stereocenters. The van der Waals surface area contributed by atoms with Gasteiger partial charge in [-0.15, -0.1) is 0 Å². The monoisotopic (exact) mass is 494 g/mol. The van der Waals surface area contributed by atoms with Crippen molar-refractivity contribution in [2.45, 2.75) is 10.2 Å². The summed E-state index contributed by atoms with van der Waals surface area (Å²) in [5, 5.41) is -1.53. The van der Waals surface area contributed by atoms with E-state index >= 15 is 0 Å². The Labute approximate surface area is 130 Å². The van der Waals surface area contributed by atoms with Gasteiger partial charge in [0.2, 0.25) is 0 Å². The number of benzene rings is 2. The molecule has 98 valence electrons. The number of hydrogen-bond acceptors (Lipinski definition) is 0. The van der Waals surface area contributed by atoms with Crippen LogP contribution in [0, 0.1) is 0 Å². The van der Waals surface area contributed by atoms with E-state index in [1.54, 1.807) is 0 Å². The van der Waals surface area contributed by atoms with Gasteiger partial charge in [0.1, 0.15) is 0 Å². The Bertz CT molecular complexity index is 582. The molecule has 0 aromatic heterocycles. The molecule has 2 aromatic carbocycles. The quantitative estimate of drug-likeness (QED) is 0.393. The van der Waals surface area contributed by atoms with E-state index < -0.39 is 22.1 Å². The molecular weight excluding hydrogens is 481 g/mol. The molecule has 1 aliphatic carbocycles. The van der Waals surface area contributed by atoms with E-state index in [2.05, 4.69) is 55.1 Å². The predicted molar refractivity (Wildman–Crippen MR) is 84.3 cm³/mol.